The van der Waals surface area contributed by atoms with E-state index in [2.05, 4.69) is 45.1 Å². The number of amides is 2. The van der Waals surface area contributed by atoms with Gasteiger partial charge in [0, 0.05) is 18.7 Å². The van der Waals surface area contributed by atoms with Crippen LogP contribution in [0.2, 0.25) is 0 Å². The maximum Gasteiger partial charge on any atom is 0.265 e. The minimum atomic E-state index is -0.128. The average molecular weight is 380 g/mol. The summed E-state index contributed by atoms with van der Waals surface area (Å²) in [6.07, 6.45) is 0.226. The van der Waals surface area contributed by atoms with Gasteiger partial charge in [-0.25, -0.2) is 0 Å². The zero-order chi connectivity index (χ0) is 20.3. The Bertz CT molecular complexity index is 848. The molecule has 2 amide bonds. The molecule has 0 saturated heterocycles. The van der Waals surface area contributed by atoms with Crippen LogP contribution >= 0.6 is 0 Å². The van der Waals surface area contributed by atoms with Crippen LogP contribution in [-0.4, -0.2) is 25.0 Å². The third kappa shape index (κ3) is 4.19. The van der Waals surface area contributed by atoms with Gasteiger partial charge in [0.05, 0.1) is 5.69 Å². The molecule has 28 heavy (non-hydrogen) atoms. The van der Waals surface area contributed by atoms with Gasteiger partial charge >= 0.3 is 0 Å². The highest BCUT2D eigenvalue weighted by atomic mass is 16.5. The Labute approximate surface area is 166 Å². The standard InChI is InChI=1S/C23H28N2O3/c1-15(2)17-8-7-9-18(16(3)4)23(17)24-21(26)12-13-25-19-10-5-6-11-20(19)28-14-22(25)27/h5-11,15-16H,12-14H2,1-4H3,(H,24,26). The number of nitrogens with zero attached hydrogens (tertiary/aromatic N) is 1. The molecule has 0 aliphatic carbocycles. The number of nitrogens with one attached hydrogen (secondary N) is 1. The van der Waals surface area contributed by atoms with E-state index in [0.29, 0.717) is 24.1 Å². The fourth-order valence-electron chi connectivity index (χ4n) is 3.51. The molecule has 0 aromatic heterocycles. The normalized spacial score (nSPS) is 13.5. The molecule has 0 radical (unpaired) electrons. The van der Waals surface area contributed by atoms with Gasteiger partial charge in [0.15, 0.2) is 6.61 Å². The number of hydrogen-bond acceptors (Lipinski definition) is 3. The lowest BCUT2D eigenvalue weighted by Crippen LogP contribution is -2.40. The van der Waals surface area contributed by atoms with Crippen LogP contribution in [0.5, 0.6) is 5.75 Å². The maximum atomic E-state index is 12.7. The number of carbonyl (C=O) groups is 2. The van der Waals surface area contributed by atoms with Crippen molar-refractivity contribution < 1.29 is 14.3 Å². The molecule has 2 aromatic rings. The second kappa shape index (κ2) is 8.46. The fraction of sp³-hybridized carbons (Fsp3) is 0.391. The molecule has 1 heterocycles. The van der Waals surface area contributed by atoms with E-state index in [-0.39, 0.29) is 24.8 Å². The van der Waals surface area contributed by atoms with Crippen molar-refractivity contribution in [1.82, 2.24) is 0 Å². The van der Waals surface area contributed by atoms with E-state index in [1.54, 1.807) is 4.90 Å². The molecule has 1 N–H and O–H groups in total. The van der Waals surface area contributed by atoms with Crippen molar-refractivity contribution in [3.05, 3.63) is 53.6 Å². The summed E-state index contributed by atoms with van der Waals surface area (Å²) in [7, 11) is 0. The van der Waals surface area contributed by atoms with E-state index in [0.717, 1.165) is 22.5 Å². The summed E-state index contributed by atoms with van der Waals surface area (Å²) in [4.78, 5) is 26.7. The predicted octanol–water partition coefficient (Wildman–Crippen LogP) is 4.69. The van der Waals surface area contributed by atoms with Crippen LogP contribution in [0.4, 0.5) is 11.4 Å². The topological polar surface area (TPSA) is 58.6 Å². The molecule has 0 bridgehead atoms. The van der Waals surface area contributed by atoms with Crippen molar-refractivity contribution in [2.75, 3.05) is 23.4 Å². The number of rotatable bonds is 6. The number of fused-ring (bicyclic) bond motifs is 1. The first-order valence-electron chi connectivity index (χ1n) is 9.83. The SMILES string of the molecule is CC(C)c1cccc(C(C)C)c1NC(=O)CCN1C(=O)COc2ccccc21. The molecule has 0 spiro atoms. The van der Waals surface area contributed by atoms with Crippen molar-refractivity contribution >= 4 is 23.2 Å². The van der Waals surface area contributed by atoms with Crippen LogP contribution in [0.25, 0.3) is 0 Å². The Hall–Kier alpha value is -2.82. The zero-order valence-corrected chi connectivity index (χ0v) is 17.0. The summed E-state index contributed by atoms with van der Waals surface area (Å²) in [6.45, 7) is 8.83. The summed E-state index contributed by atoms with van der Waals surface area (Å²) in [6, 6.07) is 13.6. The van der Waals surface area contributed by atoms with Crippen LogP contribution in [0.1, 0.15) is 57.1 Å². The fourth-order valence-corrected chi connectivity index (χ4v) is 3.51. The largest absolute Gasteiger partial charge is 0.482 e. The van der Waals surface area contributed by atoms with Gasteiger partial charge < -0.3 is 15.0 Å². The minimum absolute atomic E-state index is 0.00626. The van der Waals surface area contributed by atoms with Crippen LogP contribution in [-0.2, 0) is 9.59 Å². The van der Waals surface area contributed by atoms with Crippen LogP contribution in [0.15, 0.2) is 42.5 Å². The molecule has 1 aliphatic rings. The molecule has 0 atom stereocenters. The van der Waals surface area contributed by atoms with E-state index < -0.39 is 0 Å². The lowest BCUT2D eigenvalue weighted by atomic mass is 9.92. The predicted molar refractivity (Wildman–Crippen MR) is 112 cm³/mol. The number of hydrogen-bond donors (Lipinski definition) is 1. The van der Waals surface area contributed by atoms with Crippen molar-refractivity contribution in [3.63, 3.8) is 0 Å². The van der Waals surface area contributed by atoms with E-state index >= 15 is 0 Å². The summed E-state index contributed by atoms with van der Waals surface area (Å²) in [5, 5.41) is 3.11. The lowest BCUT2D eigenvalue weighted by molar-refractivity contribution is -0.121. The molecule has 5 heteroatoms. The smallest absolute Gasteiger partial charge is 0.265 e. The van der Waals surface area contributed by atoms with Gasteiger partial charge in [-0.1, -0.05) is 58.0 Å². The highest BCUT2D eigenvalue weighted by Crippen LogP contribution is 2.33. The van der Waals surface area contributed by atoms with Gasteiger partial charge in [-0.3, -0.25) is 9.59 Å². The van der Waals surface area contributed by atoms with Gasteiger partial charge in [0.2, 0.25) is 5.91 Å². The first kappa shape index (κ1) is 19.9. The first-order valence-corrected chi connectivity index (χ1v) is 9.83. The van der Waals surface area contributed by atoms with E-state index in [1.165, 1.54) is 0 Å². The number of para-hydroxylation sites is 3. The maximum absolute atomic E-state index is 12.7. The number of anilines is 2. The highest BCUT2D eigenvalue weighted by molar-refractivity contribution is 5.99. The summed E-state index contributed by atoms with van der Waals surface area (Å²) in [5.41, 5.74) is 3.89. The van der Waals surface area contributed by atoms with Crippen LogP contribution in [0.3, 0.4) is 0 Å². The third-order valence-corrected chi connectivity index (χ3v) is 5.01. The summed E-state index contributed by atoms with van der Waals surface area (Å²) >= 11 is 0. The Balaban J connectivity index is 1.75. The molecule has 2 aromatic carbocycles. The summed E-state index contributed by atoms with van der Waals surface area (Å²) in [5.74, 6) is 1.07. The molecule has 148 valence electrons. The Morgan fingerprint density at radius 3 is 2.32 bits per heavy atom. The van der Waals surface area contributed by atoms with Crippen molar-refractivity contribution in [2.24, 2.45) is 0 Å². The number of carbonyl (C=O) groups excluding carboxylic acids is 2. The second-order valence-electron chi connectivity index (χ2n) is 7.72. The number of benzene rings is 2. The molecule has 5 nitrogen and oxygen atoms in total. The second-order valence-corrected chi connectivity index (χ2v) is 7.72. The molecule has 0 unspecified atom stereocenters. The number of ether oxygens (including phenoxy) is 1. The summed E-state index contributed by atoms with van der Waals surface area (Å²) < 4.78 is 5.46. The van der Waals surface area contributed by atoms with Crippen LogP contribution in [0, 0.1) is 0 Å². The van der Waals surface area contributed by atoms with Crippen molar-refractivity contribution in [1.29, 1.82) is 0 Å². The molecule has 0 saturated carbocycles. The van der Waals surface area contributed by atoms with Gasteiger partial charge in [0.25, 0.3) is 5.91 Å². The third-order valence-electron chi connectivity index (χ3n) is 5.01. The van der Waals surface area contributed by atoms with Gasteiger partial charge in [-0.05, 0) is 35.1 Å². The van der Waals surface area contributed by atoms with E-state index in [1.807, 2.05) is 30.3 Å². The first-order chi connectivity index (χ1) is 13.4. The molecular weight excluding hydrogens is 352 g/mol. The van der Waals surface area contributed by atoms with E-state index in [9.17, 15) is 9.59 Å². The Kier molecular flexibility index (Phi) is 6.02. The van der Waals surface area contributed by atoms with Crippen molar-refractivity contribution in [3.8, 4) is 5.75 Å². The monoisotopic (exact) mass is 380 g/mol. The zero-order valence-electron chi connectivity index (χ0n) is 17.0. The molecule has 3 rings (SSSR count). The Morgan fingerprint density at radius 1 is 1.04 bits per heavy atom. The van der Waals surface area contributed by atoms with Gasteiger partial charge in [0.1, 0.15) is 5.75 Å². The minimum Gasteiger partial charge on any atom is -0.482 e. The lowest BCUT2D eigenvalue weighted by Gasteiger charge is -2.29. The van der Waals surface area contributed by atoms with Gasteiger partial charge in [-0.2, -0.15) is 0 Å². The van der Waals surface area contributed by atoms with Gasteiger partial charge in [-0.15, -0.1) is 0 Å². The molecule has 0 fully saturated rings. The highest BCUT2D eigenvalue weighted by Gasteiger charge is 2.25. The quantitative estimate of drug-likeness (QED) is 0.791. The van der Waals surface area contributed by atoms with Crippen molar-refractivity contribution in [2.45, 2.75) is 46.0 Å². The Morgan fingerprint density at radius 2 is 1.68 bits per heavy atom. The molecular formula is C23H28N2O3. The van der Waals surface area contributed by atoms with Crippen LogP contribution < -0.4 is 15.0 Å². The van der Waals surface area contributed by atoms with E-state index in [4.69, 9.17) is 4.74 Å². The molecule has 1 aliphatic heterocycles. The average Bonchev–Trinajstić information content (AvgIpc) is 2.67.